The normalized spacial score (nSPS) is 9.36. The smallest absolute Gasteiger partial charge is 0.350 e. The quantitative estimate of drug-likeness (QED) is 0.351. The Balaban J connectivity index is 2.89. The van der Waals surface area contributed by atoms with Gasteiger partial charge in [0.25, 0.3) is 0 Å². The van der Waals surface area contributed by atoms with Gasteiger partial charge in [-0.2, -0.15) is 0 Å². The second-order valence-corrected chi connectivity index (χ2v) is 2.52. The number of anilines is 1. The molecule has 0 atom stereocenters. The molecule has 0 aliphatic rings. The minimum absolute atomic E-state index is 0.493. The first-order valence-electron chi connectivity index (χ1n) is 3.88. The van der Waals surface area contributed by atoms with E-state index in [0.29, 0.717) is 11.4 Å². The summed E-state index contributed by atoms with van der Waals surface area (Å²) < 4.78 is 4.97. The van der Waals surface area contributed by atoms with E-state index in [0.717, 1.165) is 5.01 Å². The van der Waals surface area contributed by atoms with Gasteiger partial charge in [-0.1, -0.05) is 6.07 Å². The van der Waals surface area contributed by atoms with E-state index >= 15 is 0 Å². The molecule has 76 valence electrons. The maximum Gasteiger partial charge on any atom is 0.350 e. The molecule has 0 unspecified atom stereocenters. The second-order valence-electron chi connectivity index (χ2n) is 2.52. The molecule has 1 aromatic carbocycles. The summed E-state index contributed by atoms with van der Waals surface area (Å²) in [6.07, 6.45) is 0. The molecule has 14 heavy (non-hydrogen) atoms. The second kappa shape index (κ2) is 4.45. The molecule has 0 bridgehead atoms. The van der Waals surface area contributed by atoms with Crippen molar-refractivity contribution in [2.75, 3.05) is 12.1 Å². The highest BCUT2D eigenvalue weighted by Gasteiger charge is 2.09. The number of hydrogen-bond acceptors (Lipinski definition) is 4. The number of carbonyl (C=O) groups is 1. The van der Waals surface area contributed by atoms with Crippen molar-refractivity contribution >= 4 is 11.7 Å². The van der Waals surface area contributed by atoms with Gasteiger partial charge in [0.1, 0.15) is 5.75 Å². The number of nitrogens with zero attached hydrogens (tertiary/aromatic N) is 1. The Bertz CT molecular complexity index is 329. The lowest BCUT2D eigenvalue weighted by Gasteiger charge is -2.15. The van der Waals surface area contributed by atoms with E-state index in [2.05, 4.69) is 0 Å². The van der Waals surface area contributed by atoms with Crippen LogP contribution in [0.2, 0.25) is 0 Å². The third-order valence-corrected chi connectivity index (χ3v) is 1.67. The lowest BCUT2D eigenvalue weighted by Crippen LogP contribution is -2.47. The van der Waals surface area contributed by atoms with E-state index < -0.39 is 6.03 Å². The Morgan fingerprint density at radius 2 is 2.29 bits per heavy atom. The van der Waals surface area contributed by atoms with Crippen LogP contribution in [0.4, 0.5) is 10.5 Å². The number of amides is 2. The summed E-state index contributed by atoms with van der Waals surface area (Å²) in [4.78, 5) is 11.0. The van der Waals surface area contributed by atoms with Crippen LogP contribution in [0.5, 0.6) is 5.75 Å². The summed E-state index contributed by atoms with van der Waals surface area (Å²) in [6.45, 7) is 0. The molecule has 1 aromatic rings. The predicted molar refractivity (Wildman–Crippen MR) is 52.4 cm³/mol. The summed E-state index contributed by atoms with van der Waals surface area (Å²) in [5.41, 5.74) is 2.41. The van der Waals surface area contributed by atoms with E-state index in [-0.39, 0.29) is 0 Å². The van der Waals surface area contributed by atoms with Crippen LogP contribution in [0.3, 0.4) is 0 Å². The molecule has 0 heterocycles. The van der Waals surface area contributed by atoms with Crippen LogP contribution in [0.25, 0.3) is 0 Å². The standard InChI is InChI=1S/C8H12N4O2/c1-14-7-4-2-3-6(5-7)12(10)8(13)11-9/h2-5H,9-10H2,1H3,(H,11,13). The highest BCUT2D eigenvalue weighted by Crippen LogP contribution is 2.18. The molecule has 0 aromatic heterocycles. The summed E-state index contributed by atoms with van der Waals surface area (Å²) in [6, 6.07) is 6.15. The van der Waals surface area contributed by atoms with Gasteiger partial charge in [0.05, 0.1) is 12.8 Å². The van der Waals surface area contributed by atoms with Gasteiger partial charge in [-0.3, -0.25) is 5.43 Å². The summed E-state index contributed by atoms with van der Waals surface area (Å²) in [7, 11) is 1.53. The number of nitrogens with two attached hydrogens (primary N) is 2. The maximum atomic E-state index is 11.0. The number of ether oxygens (including phenoxy) is 1. The van der Waals surface area contributed by atoms with E-state index in [9.17, 15) is 4.79 Å². The summed E-state index contributed by atoms with van der Waals surface area (Å²) >= 11 is 0. The number of hydrogen-bond donors (Lipinski definition) is 3. The van der Waals surface area contributed by atoms with Gasteiger partial charge in [0, 0.05) is 6.07 Å². The van der Waals surface area contributed by atoms with Gasteiger partial charge in [0.2, 0.25) is 0 Å². The van der Waals surface area contributed by atoms with E-state index in [4.69, 9.17) is 16.4 Å². The van der Waals surface area contributed by atoms with Crippen molar-refractivity contribution in [1.82, 2.24) is 5.43 Å². The van der Waals surface area contributed by atoms with E-state index in [1.54, 1.807) is 24.3 Å². The fraction of sp³-hybridized carbons (Fsp3) is 0.125. The molecule has 0 aliphatic carbocycles. The Kier molecular flexibility index (Phi) is 3.27. The number of hydrazine groups is 2. The highest BCUT2D eigenvalue weighted by atomic mass is 16.5. The molecule has 0 radical (unpaired) electrons. The lowest BCUT2D eigenvalue weighted by atomic mass is 10.3. The van der Waals surface area contributed by atoms with Crippen LogP contribution in [0.1, 0.15) is 0 Å². The largest absolute Gasteiger partial charge is 0.497 e. The van der Waals surface area contributed by atoms with Crippen molar-refractivity contribution < 1.29 is 9.53 Å². The molecule has 6 heteroatoms. The Hall–Kier alpha value is -1.79. The van der Waals surface area contributed by atoms with Gasteiger partial charge >= 0.3 is 6.03 Å². The van der Waals surface area contributed by atoms with Crippen LogP contribution in [0.15, 0.2) is 24.3 Å². The molecule has 0 saturated heterocycles. The van der Waals surface area contributed by atoms with Crippen LogP contribution < -0.4 is 26.9 Å². The fourth-order valence-electron chi connectivity index (χ4n) is 0.947. The van der Waals surface area contributed by atoms with Gasteiger partial charge < -0.3 is 4.74 Å². The van der Waals surface area contributed by atoms with Gasteiger partial charge in [-0.15, -0.1) is 0 Å². The van der Waals surface area contributed by atoms with Crippen molar-refractivity contribution in [1.29, 1.82) is 0 Å². The topological polar surface area (TPSA) is 93.6 Å². The Morgan fingerprint density at radius 3 is 2.86 bits per heavy atom. The van der Waals surface area contributed by atoms with Crippen molar-refractivity contribution in [3.8, 4) is 5.75 Å². The number of benzene rings is 1. The number of nitrogens with one attached hydrogen (secondary N) is 1. The maximum absolute atomic E-state index is 11.0. The summed E-state index contributed by atoms with van der Waals surface area (Å²) in [5, 5.41) is 0.891. The van der Waals surface area contributed by atoms with E-state index in [1.807, 2.05) is 5.43 Å². The number of rotatable bonds is 2. The SMILES string of the molecule is COc1cccc(N(N)C(=O)NN)c1. The number of carbonyl (C=O) groups excluding carboxylic acids is 1. The first-order chi connectivity index (χ1) is 6.69. The molecular formula is C8H12N4O2. The van der Waals surface area contributed by atoms with Gasteiger partial charge in [-0.25, -0.2) is 21.5 Å². The van der Waals surface area contributed by atoms with Gasteiger partial charge in [-0.05, 0) is 12.1 Å². The van der Waals surface area contributed by atoms with Crippen LogP contribution in [0, 0.1) is 0 Å². The minimum Gasteiger partial charge on any atom is -0.497 e. The Labute approximate surface area is 81.4 Å². The average Bonchev–Trinajstić information content (AvgIpc) is 2.27. The average molecular weight is 196 g/mol. The third kappa shape index (κ3) is 2.12. The van der Waals surface area contributed by atoms with Crippen molar-refractivity contribution in [3.63, 3.8) is 0 Å². The van der Waals surface area contributed by atoms with Crippen molar-refractivity contribution in [2.24, 2.45) is 11.7 Å². The zero-order valence-electron chi connectivity index (χ0n) is 7.73. The molecule has 0 aliphatic heterocycles. The van der Waals surface area contributed by atoms with Crippen molar-refractivity contribution in [2.45, 2.75) is 0 Å². The molecule has 0 saturated carbocycles. The fourth-order valence-corrected chi connectivity index (χ4v) is 0.947. The zero-order chi connectivity index (χ0) is 10.6. The molecule has 5 N–H and O–H groups in total. The third-order valence-electron chi connectivity index (χ3n) is 1.67. The highest BCUT2D eigenvalue weighted by molar-refractivity contribution is 5.90. The molecule has 0 spiro atoms. The molecule has 6 nitrogen and oxygen atoms in total. The first-order valence-corrected chi connectivity index (χ1v) is 3.88. The predicted octanol–water partition coefficient (Wildman–Crippen LogP) is -0.0414. The van der Waals surface area contributed by atoms with Crippen LogP contribution in [-0.4, -0.2) is 13.1 Å². The lowest BCUT2D eigenvalue weighted by molar-refractivity contribution is 0.246. The minimum atomic E-state index is -0.599. The first kappa shape index (κ1) is 10.3. The van der Waals surface area contributed by atoms with E-state index in [1.165, 1.54) is 7.11 Å². The zero-order valence-corrected chi connectivity index (χ0v) is 7.73. The molecule has 1 rings (SSSR count). The molecular weight excluding hydrogens is 184 g/mol. The monoisotopic (exact) mass is 196 g/mol. The van der Waals surface area contributed by atoms with Gasteiger partial charge in [0.15, 0.2) is 0 Å². The van der Waals surface area contributed by atoms with Crippen LogP contribution >= 0.6 is 0 Å². The number of urea groups is 1. The number of methoxy groups -OCH3 is 1. The van der Waals surface area contributed by atoms with Crippen molar-refractivity contribution in [3.05, 3.63) is 24.3 Å². The van der Waals surface area contributed by atoms with Crippen LogP contribution in [-0.2, 0) is 0 Å². The molecule has 2 amide bonds. The Morgan fingerprint density at radius 1 is 1.57 bits per heavy atom. The summed E-state index contributed by atoms with van der Waals surface area (Å²) in [5.74, 6) is 11.0. The molecule has 0 fully saturated rings.